The van der Waals surface area contributed by atoms with Gasteiger partial charge in [0.05, 0.1) is 19.3 Å². The SMILES string of the molecule is COc1cc(CNC(=O)[C@@H]2CN(C(C)=O)c3ccccc3O2)ccc1OCc1ccccc1. The predicted octanol–water partition coefficient (Wildman–Crippen LogP) is 3.70. The molecule has 170 valence electrons. The Hall–Kier alpha value is -4.00. The number of ether oxygens (including phenoxy) is 3. The van der Waals surface area contributed by atoms with Crippen molar-refractivity contribution >= 4 is 17.5 Å². The second kappa shape index (κ2) is 10.1. The maximum absolute atomic E-state index is 12.8. The van der Waals surface area contributed by atoms with Gasteiger partial charge in [-0.05, 0) is 35.4 Å². The van der Waals surface area contributed by atoms with E-state index in [1.165, 1.54) is 6.92 Å². The van der Waals surface area contributed by atoms with Gasteiger partial charge in [0.15, 0.2) is 17.6 Å². The number of carbonyl (C=O) groups excluding carboxylic acids is 2. The fourth-order valence-electron chi connectivity index (χ4n) is 3.65. The lowest BCUT2D eigenvalue weighted by Crippen LogP contribution is -2.50. The fourth-order valence-corrected chi connectivity index (χ4v) is 3.65. The molecule has 0 unspecified atom stereocenters. The first-order chi connectivity index (χ1) is 16.0. The number of hydrogen-bond acceptors (Lipinski definition) is 5. The largest absolute Gasteiger partial charge is 0.493 e. The molecule has 0 saturated heterocycles. The summed E-state index contributed by atoms with van der Waals surface area (Å²) < 4.78 is 17.2. The zero-order valence-electron chi connectivity index (χ0n) is 18.6. The molecule has 3 aromatic rings. The average molecular weight is 447 g/mol. The standard InChI is InChI=1S/C26H26N2O5/c1-18(29)28-16-25(33-22-11-7-6-10-21(22)28)26(30)27-15-20-12-13-23(24(14-20)31-2)32-17-19-8-4-3-5-9-19/h3-14,25H,15-17H2,1-2H3,(H,27,30)/t25-/m0/s1. The van der Waals surface area contributed by atoms with E-state index in [9.17, 15) is 9.59 Å². The van der Waals surface area contributed by atoms with Crippen molar-refractivity contribution in [3.8, 4) is 17.2 Å². The predicted molar refractivity (Wildman–Crippen MR) is 124 cm³/mol. The van der Waals surface area contributed by atoms with Crippen LogP contribution >= 0.6 is 0 Å². The van der Waals surface area contributed by atoms with E-state index in [4.69, 9.17) is 14.2 Å². The molecule has 1 aliphatic heterocycles. The first kappa shape index (κ1) is 22.2. The molecule has 1 N–H and O–H groups in total. The van der Waals surface area contributed by atoms with Gasteiger partial charge in [-0.1, -0.05) is 48.5 Å². The fraction of sp³-hybridized carbons (Fsp3) is 0.231. The molecule has 1 heterocycles. The van der Waals surface area contributed by atoms with Crippen molar-refractivity contribution in [1.82, 2.24) is 5.32 Å². The molecule has 0 fully saturated rings. The highest BCUT2D eigenvalue weighted by Gasteiger charge is 2.32. The van der Waals surface area contributed by atoms with Crippen LogP contribution in [0.15, 0.2) is 72.8 Å². The molecule has 2 amide bonds. The van der Waals surface area contributed by atoms with Crippen molar-refractivity contribution in [3.05, 3.63) is 83.9 Å². The smallest absolute Gasteiger partial charge is 0.263 e. The number of hydrogen-bond donors (Lipinski definition) is 1. The second-order valence-corrected chi connectivity index (χ2v) is 7.68. The minimum Gasteiger partial charge on any atom is -0.493 e. The maximum atomic E-state index is 12.8. The van der Waals surface area contributed by atoms with Crippen molar-refractivity contribution in [2.45, 2.75) is 26.2 Å². The van der Waals surface area contributed by atoms with Gasteiger partial charge in [0.25, 0.3) is 5.91 Å². The van der Waals surface area contributed by atoms with E-state index in [0.717, 1.165) is 11.1 Å². The second-order valence-electron chi connectivity index (χ2n) is 7.68. The van der Waals surface area contributed by atoms with E-state index in [1.807, 2.05) is 60.7 Å². The first-order valence-corrected chi connectivity index (χ1v) is 10.7. The van der Waals surface area contributed by atoms with Gasteiger partial charge in [-0.25, -0.2) is 0 Å². The van der Waals surface area contributed by atoms with Crippen LogP contribution in [0, 0.1) is 0 Å². The number of anilines is 1. The molecule has 3 aromatic carbocycles. The Bertz CT molecular complexity index is 1130. The Morgan fingerprint density at radius 2 is 1.76 bits per heavy atom. The number of nitrogens with one attached hydrogen (secondary N) is 1. The van der Waals surface area contributed by atoms with Gasteiger partial charge >= 0.3 is 0 Å². The quantitative estimate of drug-likeness (QED) is 0.599. The van der Waals surface area contributed by atoms with Crippen LogP contribution in [0.25, 0.3) is 0 Å². The summed E-state index contributed by atoms with van der Waals surface area (Å²) in [5.41, 5.74) is 2.58. The van der Waals surface area contributed by atoms with Gasteiger partial charge < -0.3 is 24.4 Å². The molecule has 1 atom stereocenters. The van der Waals surface area contributed by atoms with Crippen LogP contribution in [-0.4, -0.2) is 31.6 Å². The van der Waals surface area contributed by atoms with Crippen LogP contribution in [-0.2, 0) is 22.7 Å². The lowest BCUT2D eigenvalue weighted by molar-refractivity contribution is -0.128. The van der Waals surface area contributed by atoms with Gasteiger partial charge in [-0.15, -0.1) is 0 Å². The van der Waals surface area contributed by atoms with Crippen molar-refractivity contribution in [1.29, 1.82) is 0 Å². The third-order valence-electron chi connectivity index (χ3n) is 5.38. The lowest BCUT2D eigenvalue weighted by Gasteiger charge is -2.33. The number of methoxy groups -OCH3 is 1. The Labute approximate surface area is 192 Å². The molecule has 0 radical (unpaired) electrons. The van der Waals surface area contributed by atoms with Crippen molar-refractivity contribution < 1.29 is 23.8 Å². The summed E-state index contributed by atoms with van der Waals surface area (Å²) in [6.45, 7) is 2.36. The minimum absolute atomic E-state index is 0.139. The number of rotatable bonds is 7. The Morgan fingerprint density at radius 1 is 1.00 bits per heavy atom. The highest BCUT2D eigenvalue weighted by Crippen LogP contribution is 2.33. The first-order valence-electron chi connectivity index (χ1n) is 10.7. The summed E-state index contributed by atoms with van der Waals surface area (Å²) in [5.74, 6) is 1.29. The van der Waals surface area contributed by atoms with Crippen LogP contribution in [0.3, 0.4) is 0 Å². The van der Waals surface area contributed by atoms with Crippen LogP contribution in [0.1, 0.15) is 18.1 Å². The average Bonchev–Trinajstić information content (AvgIpc) is 2.86. The van der Waals surface area contributed by atoms with Crippen molar-refractivity contribution in [3.63, 3.8) is 0 Å². The van der Waals surface area contributed by atoms with E-state index in [1.54, 1.807) is 24.1 Å². The molecule has 0 spiro atoms. The van der Waals surface area contributed by atoms with Gasteiger partial charge in [0.1, 0.15) is 12.4 Å². The zero-order valence-corrected chi connectivity index (χ0v) is 18.6. The zero-order chi connectivity index (χ0) is 23.2. The molecule has 4 rings (SSSR count). The molecule has 0 aliphatic carbocycles. The molecule has 7 heteroatoms. The Kier molecular flexibility index (Phi) is 6.78. The van der Waals surface area contributed by atoms with E-state index in [0.29, 0.717) is 29.5 Å². The molecule has 0 aromatic heterocycles. The number of nitrogens with zero attached hydrogens (tertiary/aromatic N) is 1. The molecule has 1 aliphatic rings. The Balaban J connectivity index is 1.38. The molecule has 0 bridgehead atoms. The molecule has 0 saturated carbocycles. The van der Waals surface area contributed by atoms with Crippen LogP contribution in [0.5, 0.6) is 17.2 Å². The van der Waals surface area contributed by atoms with Crippen LogP contribution < -0.4 is 24.4 Å². The van der Waals surface area contributed by atoms with Gasteiger partial charge in [0, 0.05) is 13.5 Å². The lowest BCUT2D eigenvalue weighted by atomic mass is 10.1. The summed E-state index contributed by atoms with van der Waals surface area (Å²) in [5, 5.41) is 2.89. The number of para-hydroxylation sites is 2. The number of benzene rings is 3. The minimum atomic E-state index is -0.792. The summed E-state index contributed by atoms with van der Waals surface area (Å²) in [4.78, 5) is 26.4. The molecule has 7 nitrogen and oxygen atoms in total. The monoisotopic (exact) mass is 446 g/mol. The van der Waals surface area contributed by atoms with Gasteiger partial charge in [-0.2, -0.15) is 0 Å². The molecular weight excluding hydrogens is 420 g/mol. The summed E-state index contributed by atoms with van der Waals surface area (Å²) >= 11 is 0. The van der Waals surface area contributed by atoms with Gasteiger partial charge in [0.2, 0.25) is 5.91 Å². The van der Waals surface area contributed by atoms with Crippen LogP contribution in [0.2, 0.25) is 0 Å². The number of carbonyl (C=O) groups is 2. The Morgan fingerprint density at radius 3 is 2.52 bits per heavy atom. The van der Waals surface area contributed by atoms with E-state index < -0.39 is 6.10 Å². The summed E-state index contributed by atoms with van der Waals surface area (Å²) in [6.07, 6.45) is -0.792. The highest BCUT2D eigenvalue weighted by atomic mass is 16.5. The van der Waals surface area contributed by atoms with Crippen molar-refractivity contribution in [2.75, 3.05) is 18.6 Å². The highest BCUT2D eigenvalue weighted by molar-refractivity contribution is 5.95. The van der Waals surface area contributed by atoms with E-state index in [-0.39, 0.29) is 24.9 Å². The van der Waals surface area contributed by atoms with Crippen LogP contribution in [0.4, 0.5) is 5.69 Å². The number of amides is 2. The van der Waals surface area contributed by atoms with Gasteiger partial charge in [-0.3, -0.25) is 9.59 Å². The van der Waals surface area contributed by atoms with Crippen molar-refractivity contribution in [2.24, 2.45) is 0 Å². The topological polar surface area (TPSA) is 77.1 Å². The van der Waals surface area contributed by atoms with E-state index >= 15 is 0 Å². The molecular formula is C26H26N2O5. The maximum Gasteiger partial charge on any atom is 0.263 e. The third-order valence-corrected chi connectivity index (χ3v) is 5.38. The molecule has 33 heavy (non-hydrogen) atoms. The number of fused-ring (bicyclic) bond motifs is 1. The normalized spacial score (nSPS) is 14.6. The summed E-state index contributed by atoms with van der Waals surface area (Å²) in [7, 11) is 1.58. The summed E-state index contributed by atoms with van der Waals surface area (Å²) in [6, 6.07) is 22.6. The van der Waals surface area contributed by atoms with E-state index in [2.05, 4.69) is 5.32 Å². The third kappa shape index (κ3) is 5.26.